The largest absolute Gasteiger partial charge is 0.497 e. The molecule has 0 unspecified atom stereocenters. The molecule has 3 heterocycles. The van der Waals surface area contributed by atoms with E-state index in [1.54, 1.807) is 38.4 Å². The Hall–Kier alpha value is -3.87. The molecule has 1 amide bonds. The third-order valence-corrected chi connectivity index (χ3v) is 4.71. The standard InChI is InChI=1S/C23H20N2O5/c1-14-11-19-21(23(27)29-14)18(12-20(26)25-13-16-5-3-4-10-24-16)22(30-19)15-6-8-17(28-2)9-7-15/h3-11H,12-13H2,1-2H3,(H,25,26). The molecule has 0 aliphatic carbocycles. The number of ether oxygens (including phenoxy) is 1. The number of hydrogen-bond donors (Lipinski definition) is 1. The van der Waals surface area contributed by atoms with Crippen molar-refractivity contribution >= 4 is 16.9 Å². The number of aromatic nitrogens is 1. The van der Waals surface area contributed by atoms with Crippen LogP contribution in [0.4, 0.5) is 0 Å². The molecule has 0 atom stereocenters. The first kappa shape index (κ1) is 19.4. The maximum Gasteiger partial charge on any atom is 0.347 e. The highest BCUT2D eigenvalue weighted by Gasteiger charge is 2.22. The number of nitrogens with zero attached hydrogens (tertiary/aromatic N) is 1. The van der Waals surface area contributed by atoms with Crippen molar-refractivity contribution in [2.45, 2.75) is 19.9 Å². The number of benzene rings is 1. The third-order valence-electron chi connectivity index (χ3n) is 4.71. The van der Waals surface area contributed by atoms with E-state index in [1.807, 2.05) is 30.3 Å². The Morgan fingerprint density at radius 1 is 1.13 bits per heavy atom. The molecule has 0 radical (unpaired) electrons. The molecule has 1 aromatic carbocycles. The number of carbonyl (C=O) groups excluding carboxylic acids is 1. The second kappa shape index (κ2) is 8.24. The fourth-order valence-corrected chi connectivity index (χ4v) is 3.28. The number of aryl methyl sites for hydroxylation is 1. The monoisotopic (exact) mass is 404 g/mol. The summed E-state index contributed by atoms with van der Waals surface area (Å²) in [6, 6.07) is 14.4. The van der Waals surface area contributed by atoms with E-state index in [2.05, 4.69) is 10.3 Å². The van der Waals surface area contributed by atoms with Gasteiger partial charge in [0.05, 0.1) is 25.8 Å². The molecule has 0 bridgehead atoms. The van der Waals surface area contributed by atoms with E-state index in [0.29, 0.717) is 35.0 Å². The molecule has 152 valence electrons. The SMILES string of the molecule is COc1ccc(-c2oc3cc(C)oc(=O)c3c2CC(=O)NCc2ccccn2)cc1. The predicted molar refractivity (Wildman–Crippen MR) is 111 cm³/mol. The van der Waals surface area contributed by atoms with Gasteiger partial charge in [-0.3, -0.25) is 9.78 Å². The van der Waals surface area contributed by atoms with Crippen molar-refractivity contribution in [3.05, 3.63) is 82.2 Å². The summed E-state index contributed by atoms with van der Waals surface area (Å²) in [7, 11) is 1.58. The summed E-state index contributed by atoms with van der Waals surface area (Å²) in [6.45, 7) is 1.97. The Morgan fingerprint density at radius 3 is 2.63 bits per heavy atom. The molecule has 30 heavy (non-hydrogen) atoms. The lowest BCUT2D eigenvalue weighted by Gasteiger charge is -2.06. The number of carbonyl (C=O) groups is 1. The van der Waals surface area contributed by atoms with Gasteiger partial charge in [-0.2, -0.15) is 0 Å². The van der Waals surface area contributed by atoms with Crippen LogP contribution in [0.3, 0.4) is 0 Å². The van der Waals surface area contributed by atoms with Gasteiger partial charge in [-0.15, -0.1) is 0 Å². The summed E-state index contributed by atoms with van der Waals surface area (Å²) in [5.41, 5.74) is 1.83. The van der Waals surface area contributed by atoms with E-state index in [-0.39, 0.29) is 17.7 Å². The molecular weight excluding hydrogens is 384 g/mol. The number of methoxy groups -OCH3 is 1. The quantitative estimate of drug-likeness (QED) is 0.527. The van der Waals surface area contributed by atoms with Gasteiger partial charge in [0.2, 0.25) is 5.91 Å². The van der Waals surface area contributed by atoms with E-state index < -0.39 is 5.63 Å². The number of amides is 1. The lowest BCUT2D eigenvalue weighted by atomic mass is 10.0. The van der Waals surface area contributed by atoms with E-state index in [1.165, 1.54) is 0 Å². The van der Waals surface area contributed by atoms with Gasteiger partial charge in [0, 0.05) is 23.4 Å². The highest BCUT2D eigenvalue weighted by Crippen LogP contribution is 2.33. The van der Waals surface area contributed by atoms with Crippen molar-refractivity contribution in [2.75, 3.05) is 7.11 Å². The van der Waals surface area contributed by atoms with Gasteiger partial charge >= 0.3 is 5.63 Å². The summed E-state index contributed by atoms with van der Waals surface area (Å²) in [4.78, 5) is 29.4. The van der Waals surface area contributed by atoms with Gasteiger partial charge < -0.3 is 18.9 Å². The molecule has 0 saturated carbocycles. The van der Waals surface area contributed by atoms with Crippen molar-refractivity contribution < 1.29 is 18.4 Å². The molecule has 0 fully saturated rings. The molecule has 0 aliphatic rings. The number of pyridine rings is 1. The lowest BCUT2D eigenvalue weighted by Crippen LogP contribution is -2.25. The molecule has 7 heteroatoms. The minimum atomic E-state index is -0.527. The highest BCUT2D eigenvalue weighted by molar-refractivity contribution is 5.92. The molecule has 3 aromatic heterocycles. The van der Waals surface area contributed by atoms with E-state index >= 15 is 0 Å². The van der Waals surface area contributed by atoms with Gasteiger partial charge in [-0.25, -0.2) is 4.79 Å². The topological polar surface area (TPSA) is 94.6 Å². The summed E-state index contributed by atoms with van der Waals surface area (Å²) in [5.74, 6) is 1.34. The summed E-state index contributed by atoms with van der Waals surface area (Å²) in [5, 5.41) is 3.11. The van der Waals surface area contributed by atoms with Crippen LogP contribution < -0.4 is 15.7 Å². The minimum Gasteiger partial charge on any atom is -0.497 e. The predicted octanol–water partition coefficient (Wildman–Crippen LogP) is 3.62. The first-order chi connectivity index (χ1) is 14.5. The Balaban J connectivity index is 1.70. The number of furan rings is 1. The van der Waals surface area contributed by atoms with Gasteiger partial charge in [0.1, 0.15) is 28.2 Å². The van der Waals surface area contributed by atoms with E-state index in [0.717, 1.165) is 11.3 Å². The summed E-state index contributed by atoms with van der Waals surface area (Å²) < 4.78 is 16.4. The summed E-state index contributed by atoms with van der Waals surface area (Å²) in [6.07, 6.45) is 1.63. The molecular formula is C23H20N2O5. The third kappa shape index (κ3) is 3.96. The number of fused-ring (bicyclic) bond motifs is 1. The molecule has 4 rings (SSSR count). The van der Waals surface area contributed by atoms with Crippen LogP contribution in [0, 0.1) is 6.92 Å². The van der Waals surface area contributed by atoms with Crippen molar-refractivity contribution in [1.82, 2.24) is 10.3 Å². The normalized spacial score (nSPS) is 10.9. The Labute approximate surface area is 172 Å². The molecule has 0 spiro atoms. The fourth-order valence-electron chi connectivity index (χ4n) is 3.28. The van der Waals surface area contributed by atoms with Crippen LogP contribution in [0.15, 0.2) is 68.4 Å². The van der Waals surface area contributed by atoms with Crippen molar-refractivity contribution in [1.29, 1.82) is 0 Å². The van der Waals surface area contributed by atoms with Crippen LogP contribution in [0.25, 0.3) is 22.3 Å². The van der Waals surface area contributed by atoms with E-state index in [4.69, 9.17) is 13.6 Å². The van der Waals surface area contributed by atoms with Crippen LogP contribution in [0.1, 0.15) is 17.0 Å². The van der Waals surface area contributed by atoms with Gasteiger partial charge in [0.15, 0.2) is 0 Å². The average molecular weight is 404 g/mol. The van der Waals surface area contributed by atoms with Gasteiger partial charge in [0.25, 0.3) is 0 Å². The maximum absolute atomic E-state index is 12.7. The zero-order valence-electron chi connectivity index (χ0n) is 16.6. The maximum atomic E-state index is 12.7. The van der Waals surface area contributed by atoms with Gasteiger partial charge in [-0.05, 0) is 43.3 Å². The molecule has 1 N–H and O–H groups in total. The second-order valence-electron chi connectivity index (χ2n) is 6.80. The Morgan fingerprint density at radius 2 is 1.93 bits per heavy atom. The highest BCUT2D eigenvalue weighted by atomic mass is 16.5. The zero-order valence-corrected chi connectivity index (χ0v) is 16.6. The average Bonchev–Trinajstić information content (AvgIpc) is 3.11. The van der Waals surface area contributed by atoms with Crippen LogP contribution in [-0.4, -0.2) is 18.0 Å². The van der Waals surface area contributed by atoms with Crippen LogP contribution in [0.5, 0.6) is 5.75 Å². The minimum absolute atomic E-state index is 0.0327. The smallest absolute Gasteiger partial charge is 0.347 e. The van der Waals surface area contributed by atoms with E-state index in [9.17, 15) is 9.59 Å². The molecule has 0 aliphatic heterocycles. The number of nitrogens with one attached hydrogen (secondary N) is 1. The van der Waals surface area contributed by atoms with Crippen molar-refractivity contribution in [2.24, 2.45) is 0 Å². The van der Waals surface area contributed by atoms with Crippen LogP contribution in [0.2, 0.25) is 0 Å². The second-order valence-corrected chi connectivity index (χ2v) is 6.80. The zero-order chi connectivity index (χ0) is 21.1. The molecule has 7 nitrogen and oxygen atoms in total. The summed E-state index contributed by atoms with van der Waals surface area (Å²) >= 11 is 0. The van der Waals surface area contributed by atoms with Gasteiger partial charge in [-0.1, -0.05) is 6.07 Å². The van der Waals surface area contributed by atoms with Crippen molar-refractivity contribution in [3.63, 3.8) is 0 Å². The van der Waals surface area contributed by atoms with Crippen LogP contribution in [-0.2, 0) is 17.8 Å². The first-order valence-electron chi connectivity index (χ1n) is 9.42. The molecule has 0 saturated heterocycles. The van der Waals surface area contributed by atoms with Crippen LogP contribution >= 0.6 is 0 Å². The fraction of sp³-hybridized carbons (Fsp3) is 0.174. The number of hydrogen-bond acceptors (Lipinski definition) is 6. The first-order valence-corrected chi connectivity index (χ1v) is 9.42. The number of rotatable bonds is 6. The van der Waals surface area contributed by atoms with Crippen molar-refractivity contribution in [3.8, 4) is 17.1 Å². The molecule has 4 aromatic rings. The Bertz CT molecular complexity index is 1240. The lowest BCUT2D eigenvalue weighted by molar-refractivity contribution is -0.120. The Kier molecular flexibility index (Phi) is 5.34.